The van der Waals surface area contributed by atoms with E-state index in [2.05, 4.69) is 10.1 Å². The van der Waals surface area contributed by atoms with Crippen molar-refractivity contribution in [3.8, 4) is 0 Å². The van der Waals surface area contributed by atoms with Crippen molar-refractivity contribution >= 4 is 11.6 Å². The first kappa shape index (κ1) is 13.0. The van der Waals surface area contributed by atoms with Crippen LogP contribution in [0.25, 0.3) is 0 Å². The van der Waals surface area contributed by atoms with E-state index in [1.807, 2.05) is 13.8 Å². The molecule has 0 aromatic carbocycles. The van der Waals surface area contributed by atoms with Gasteiger partial charge >= 0.3 is 0 Å². The SMILES string of the molecule is CC(C)n1ncc(Cl)c1C(N)c1ccncc1F. The van der Waals surface area contributed by atoms with Gasteiger partial charge in [-0.1, -0.05) is 11.6 Å². The van der Waals surface area contributed by atoms with Gasteiger partial charge in [0.15, 0.2) is 0 Å². The molecule has 1 unspecified atom stereocenters. The molecule has 0 spiro atoms. The predicted octanol–water partition coefficient (Wildman–Crippen LogP) is 2.70. The highest BCUT2D eigenvalue weighted by atomic mass is 35.5. The van der Waals surface area contributed by atoms with Gasteiger partial charge in [0.2, 0.25) is 0 Å². The molecule has 2 rings (SSSR count). The quantitative estimate of drug-likeness (QED) is 0.931. The molecular weight excluding hydrogens is 255 g/mol. The van der Waals surface area contributed by atoms with Crippen molar-refractivity contribution in [3.63, 3.8) is 0 Å². The van der Waals surface area contributed by atoms with Crippen molar-refractivity contribution < 1.29 is 4.39 Å². The molecule has 6 heteroatoms. The summed E-state index contributed by atoms with van der Waals surface area (Å²) in [4.78, 5) is 3.70. The van der Waals surface area contributed by atoms with Gasteiger partial charge in [0, 0.05) is 17.8 Å². The lowest BCUT2D eigenvalue weighted by Gasteiger charge is -2.17. The maximum Gasteiger partial charge on any atom is 0.146 e. The van der Waals surface area contributed by atoms with Crippen LogP contribution in [-0.2, 0) is 0 Å². The number of nitrogens with zero attached hydrogens (tertiary/aromatic N) is 3. The predicted molar refractivity (Wildman–Crippen MR) is 67.8 cm³/mol. The summed E-state index contributed by atoms with van der Waals surface area (Å²) in [5.41, 5.74) is 7.05. The summed E-state index contributed by atoms with van der Waals surface area (Å²) in [6.45, 7) is 3.92. The Hall–Kier alpha value is -1.46. The summed E-state index contributed by atoms with van der Waals surface area (Å²) < 4.78 is 15.4. The van der Waals surface area contributed by atoms with Gasteiger partial charge in [-0.05, 0) is 19.9 Å². The zero-order valence-electron chi connectivity index (χ0n) is 10.1. The van der Waals surface area contributed by atoms with Crippen LogP contribution < -0.4 is 5.73 Å². The third-order valence-corrected chi connectivity index (χ3v) is 3.00. The van der Waals surface area contributed by atoms with Crippen LogP contribution in [0.1, 0.15) is 37.2 Å². The van der Waals surface area contributed by atoms with E-state index in [-0.39, 0.29) is 6.04 Å². The second-order valence-corrected chi connectivity index (χ2v) is 4.70. The molecule has 2 aromatic rings. The second kappa shape index (κ2) is 5.04. The van der Waals surface area contributed by atoms with Crippen LogP contribution in [0.5, 0.6) is 0 Å². The van der Waals surface area contributed by atoms with Gasteiger partial charge in [-0.2, -0.15) is 5.10 Å². The lowest BCUT2D eigenvalue weighted by atomic mass is 10.1. The first-order valence-electron chi connectivity index (χ1n) is 5.60. The zero-order chi connectivity index (χ0) is 13.3. The average molecular weight is 269 g/mol. The normalized spacial score (nSPS) is 13.0. The Bertz CT molecular complexity index is 553. The molecule has 0 amide bonds. The molecule has 18 heavy (non-hydrogen) atoms. The van der Waals surface area contributed by atoms with E-state index >= 15 is 0 Å². The third kappa shape index (κ3) is 2.23. The lowest BCUT2D eigenvalue weighted by Crippen LogP contribution is -2.20. The van der Waals surface area contributed by atoms with Gasteiger partial charge in [-0.3, -0.25) is 9.67 Å². The van der Waals surface area contributed by atoms with Crippen LogP contribution >= 0.6 is 11.6 Å². The number of nitrogens with two attached hydrogens (primary N) is 1. The van der Waals surface area contributed by atoms with Crippen molar-refractivity contribution in [2.24, 2.45) is 5.73 Å². The van der Waals surface area contributed by atoms with E-state index in [0.717, 1.165) is 6.20 Å². The number of halogens is 2. The molecule has 96 valence electrons. The smallest absolute Gasteiger partial charge is 0.146 e. The summed E-state index contributed by atoms with van der Waals surface area (Å²) in [5, 5.41) is 4.60. The van der Waals surface area contributed by atoms with Crippen LogP contribution in [0, 0.1) is 5.82 Å². The molecule has 0 fully saturated rings. The third-order valence-electron chi connectivity index (χ3n) is 2.71. The van der Waals surface area contributed by atoms with Crippen LogP contribution in [0.4, 0.5) is 4.39 Å². The minimum Gasteiger partial charge on any atom is -0.319 e. The van der Waals surface area contributed by atoms with E-state index in [4.69, 9.17) is 17.3 Å². The van der Waals surface area contributed by atoms with Gasteiger partial charge in [0.1, 0.15) is 5.82 Å². The Morgan fingerprint density at radius 1 is 1.39 bits per heavy atom. The second-order valence-electron chi connectivity index (χ2n) is 4.29. The fraction of sp³-hybridized carbons (Fsp3) is 0.333. The maximum atomic E-state index is 13.7. The highest BCUT2D eigenvalue weighted by Gasteiger charge is 2.22. The molecule has 0 aliphatic carbocycles. The van der Waals surface area contributed by atoms with Crippen molar-refractivity contribution in [2.45, 2.75) is 25.9 Å². The highest BCUT2D eigenvalue weighted by molar-refractivity contribution is 6.31. The van der Waals surface area contributed by atoms with Crippen molar-refractivity contribution in [1.29, 1.82) is 0 Å². The van der Waals surface area contributed by atoms with Crippen molar-refractivity contribution in [2.75, 3.05) is 0 Å². The van der Waals surface area contributed by atoms with Crippen molar-refractivity contribution in [1.82, 2.24) is 14.8 Å². The molecule has 0 saturated carbocycles. The number of rotatable bonds is 3. The summed E-state index contributed by atoms with van der Waals surface area (Å²) in [6, 6.07) is 0.988. The van der Waals surface area contributed by atoms with E-state index in [1.54, 1.807) is 10.7 Å². The Morgan fingerprint density at radius 2 is 2.11 bits per heavy atom. The molecule has 0 radical (unpaired) electrons. The zero-order valence-corrected chi connectivity index (χ0v) is 10.9. The highest BCUT2D eigenvalue weighted by Crippen LogP contribution is 2.29. The van der Waals surface area contributed by atoms with Crippen LogP contribution in [0.3, 0.4) is 0 Å². The van der Waals surface area contributed by atoms with Gasteiger partial charge in [-0.15, -0.1) is 0 Å². The topological polar surface area (TPSA) is 56.7 Å². The minimum atomic E-state index is -0.662. The molecule has 1 atom stereocenters. The summed E-state index contributed by atoms with van der Waals surface area (Å²) in [6.07, 6.45) is 4.16. The molecule has 2 aromatic heterocycles. The summed E-state index contributed by atoms with van der Waals surface area (Å²) in [7, 11) is 0. The minimum absolute atomic E-state index is 0.100. The number of pyridine rings is 1. The first-order chi connectivity index (χ1) is 8.52. The fourth-order valence-electron chi connectivity index (χ4n) is 1.84. The summed E-state index contributed by atoms with van der Waals surface area (Å²) in [5.74, 6) is -0.447. The average Bonchev–Trinajstić information content (AvgIpc) is 2.71. The number of hydrogen-bond acceptors (Lipinski definition) is 3. The van der Waals surface area contributed by atoms with Gasteiger partial charge in [-0.25, -0.2) is 4.39 Å². The van der Waals surface area contributed by atoms with Gasteiger partial charge < -0.3 is 5.73 Å². The Labute approximate surface area is 110 Å². The molecule has 4 nitrogen and oxygen atoms in total. The Morgan fingerprint density at radius 3 is 2.72 bits per heavy atom. The first-order valence-corrected chi connectivity index (χ1v) is 5.98. The van der Waals surface area contributed by atoms with E-state index < -0.39 is 11.9 Å². The van der Waals surface area contributed by atoms with E-state index in [0.29, 0.717) is 16.3 Å². The van der Waals surface area contributed by atoms with Crippen LogP contribution in [0.2, 0.25) is 5.02 Å². The fourth-order valence-corrected chi connectivity index (χ4v) is 2.09. The monoisotopic (exact) mass is 268 g/mol. The molecule has 0 aliphatic heterocycles. The van der Waals surface area contributed by atoms with E-state index in [9.17, 15) is 4.39 Å². The lowest BCUT2D eigenvalue weighted by molar-refractivity contribution is 0.493. The van der Waals surface area contributed by atoms with Gasteiger partial charge in [0.05, 0.1) is 29.2 Å². The number of aromatic nitrogens is 3. The van der Waals surface area contributed by atoms with Crippen molar-refractivity contribution in [3.05, 3.63) is 46.8 Å². The largest absolute Gasteiger partial charge is 0.319 e. The summed E-state index contributed by atoms with van der Waals surface area (Å²) >= 11 is 6.08. The van der Waals surface area contributed by atoms with E-state index in [1.165, 1.54) is 12.4 Å². The molecular formula is C12H14ClFN4. The van der Waals surface area contributed by atoms with Crippen LogP contribution in [-0.4, -0.2) is 14.8 Å². The molecule has 2 N–H and O–H groups in total. The van der Waals surface area contributed by atoms with Crippen LogP contribution in [0.15, 0.2) is 24.7 Å². The number of hydrogen-bond donors (Lipinski definition) is 1. The maximum absolute atomic E-state index is 13.7. The molecule has 2 heterocycles. The van der Waals surface area contributed by atoms with Gasteiger partial charge in [0.25, 0.3) is 0 Å². The Kier molecular flexibility index (Phi) is 3.63. The molecule has 0 aliphatic rings. The molecule has 0 bridgehead atoms. The standard InChI is InChI=1S/C12H14ClFN4/c1-7(2)18-12(9(13)5-17-18)11(15)8-3-4-16-6-10(8)14/h3-7,11H,15H2,1-2H3. The molecule has 0 saturated heterocycles. The Balaban J connectivity index is 2.49.